The zero-order valence-corrected chi connectivity index (χ0v) is 12.5. The third-order valence-corrected chi connectivity index (χ3v) is 2.99. The molecule has 0 radical (unpaired) electrons. The zero-order chi connectivity index (χ0) is 13.9. The van der Waals surface area contributed by atoms with Crippen LogP contribution in [0.4, 0.5) is 4.79 Å². The molecule has 0 unspecified atom stereocenters. The smallest absolute Gasteiger partial charge is 0.316 e. The van der Waals surface area contributed by atoms with E-state index in [1.54, 1.807) is 14.1 Å². The van der Waals surface area contributed by atoms with Crippen LogP contribution in [-0.4, -0.2) is 41.1 Å². The Bertz CT molecular complexity index is 467. The monoisotopic (exact) mass is 270 g/mol. The molecule has 6 heteroatoms. The number of amides is 2. The Morgan fingerprint density at radius 2 is 2.11 bits per heavy atom. The average Bonchev–Trinajstić information content (AvgIpc) is 2.59. The first-order valence-electron chi connectivity index (χ1n) is 5.97. The standard InChI is InChI=1S/C12H22N4OS/c1-12(2,3)9-8-14-11(18)16(9)7-6-13-10(17)15(4)5/h8H,6-7H2,1-5H3,(H,13,17)(H,14,18). The summed E-state index contributed by atoms with van der Waals surface area (Å²) < 4.78 is 2.73. The van der Waals surface area contributed by atoms with Crippen molar-refractivity contribution < 1.29 is 4.79 Å². The van der Waals surface area contributed by atoms with Crippen molar-refractivity contribution in [2.45, 2.75) is 32.7 Å². The summed E-state index contributed by atoms with van der Waals surface area (Å²) in [5.74, 6) is 0. The first-order valence-corrected chi connectivity index (χ1v) is 6.38. The summed E-state index contributed by atoms with van der Waals surface area (Å²) in [5.41, 5.74) is 1.17. The molecule has 0 saturated heterocycles. The van der Waals surface area contributed by atoms with Crippen molar-refractivity contribution in [1.82, 2.24) is 19.8 Å². The fraction of sp³-hybridized carbons (Fsp3) is 0.667. The number of rotatable bonds is 3. The van der Waals surface area contributed by atoms with E-state index in [0.29, 0.717) is 17.9 Å². The maximum atomic E-state index is 11.4. The number of carbonyl (C=O) groups is 1. The van der Waals surface area contributed by atoms with Gasteiger partial charge in [-0.1, -0.05) is 20.8 Å². The van der Waals surface area contributed by atoms with Crippen LogP contribution in [0.25, 0.3) is 0 Å². The summed E-state index contributed by atoms with van der Waals surface area (Å²) in [4.78, 5) is 16.0. The molecule has 0 aliphatic rings. The van der Waals surface area contributed by atoms with Crippen molar-refractivity contribution in [2.75, 3.05) is 20.6 Å². The van der Waals surface area contributed by atoms with E-state index in [0.717, 1.165) is 5.69 Å². The maximum absolute atomic E-state index is 11.4. The molecule has 5 nitrogen and oxygen atoms in total. The zero-order valence-electron chi connectivity index (χ0n) is 11.7. The van der Waals surface area contributed by atoms with Gasteiger partial charge in [-0.05, 0) is 12.2 Å². The van der Waals surface area contributed by atoms with Crippen molar-refractivity contribution in [1.29, 1.82) is 0 Å². The largest absolute Gasteiger partial charge is 0.337 e. The molecular formula is C12H22N4OS. The molecule has 102 valence electrons. The van der Waals surface area contributed by atoms with Crippen molar-refractivity contribution in [3.8, 4) is 0 Å². The van der Waals surface area contributed by atoms with Gasteiger partial charge in [0, 0.05) is 44.5 Å². The highest BCUT2D eigenvalue weighted by Crippen LogP contribution is 2.21. The van der Waals surface area contributed by atoms with E-state index in [2.05, 4.69) is 31.1 Å². The lowest BCUT2D eigenvalue weighted by Crippen LogP contribution is -2.36. The van der Waals surface area contributed by atoms with Gasteiger partial charge < -0.3 is 19.8 Å². The second-order valence-corrected chi connectivity index (χ2v) is 5.89. The molecule has 0 saturated carbocycles. The minimum atomic E-state index is -0.0886. The van der Waals surface area contributed by atoms with Gasteiger partial charge in [0.25, 0.3) is 0 Å². The van der Waals surface area contributed by atoms with Gasteiger partial charge in [0.2, 0.25) is 0 Å². The molecule has 0 aliphatic carbocycles. The Balaban J connectivity index is 2.71. The molecule has 0 fully saturated rings. The van der Waals surface area contributed by atoms with E-state index in [1.807, 2.05) is 10.8 Å². The number of nitrogens with one attached hydrogen (secondary N) is 2. The van der Waals surface area contributed by atoms with Crippen LogP contribution in [0.2, 0.25) is 0 Å². The van der Waals surface area contributed by atoms with E-state index in [4.69, 9.17) is 12.2 Å². The number of hydrogen-bond acceptors (Lipinski definition) is 2. The molecule has 0 bridgehead atoms. The second-order valence-electron chi connectivity index (χ2n) is 5.51. The molecule has 0 atom stereocenters. The molecule has 0 aliphatic heterocycles. The number of imidazole rings is 1. The maximum Gasteiger partial charge on any atom is 0.316 e. The molecule has 18 heavy (non-hydrogen) atoms. The normalized spacial score (nSPS) is 11.4. The number of H-pyrrole nitrogens is 1. The fourth-order valence-corrected chi connectivity index (χ4v) is 1.92. The minimum absolute atomic E-state index is 0.0269. The van der Waals surface area contributed by atoms with Gasteiger partial charge in [-0.3, -0.25) is 0 Å². The lowest BCUT2D eigenvalue weighted by atomic mass is 9.92. The second kappa shape index (κ2) is 5.56. The van der Waals surface area contributed by atoms with E-state index < -0.39 is 0 Å². The highest BCUT2D eigenvalue weighted by Gasteiger charge is 2.19. The molecule has 1 aromatic heterocycles. The highest BCUT2D eigenvalue weighted by atomic mass is 32.1. The Labute approximate surface area is 113 Å². The number of hydrogen-bond donors (Lipinski definition) is 2. The van der Waals surface area contributed by atoms with Crippen LogP contribution in [-0.2, 0) is 12.0 Å². The van der Waals surface area contributed by atoms with Gasteiger partial charge in [-0.25, -0.2) is 4.79 Å². The number of nitrogens with zero attached hydrogens (tertiary/aromatic N) is 2. The van der Waals surface area contributed by atoms with Crippen LogP contribution in [0, 0.1) is 4.77 Å². The quantitative estimate of drug-likeness (QED) is 0.827. The topological polar surface area (TPSA) is 53.1 Å². The summed E-state index contributed by atoms with van der Waals surface area (Å²) >= 11 is 5.26. The summed E-state index contributed by atoms with van der Waals surface area (Å²) in [6, 6.07) is -0.0886. The first-order chi connectivity index (χ1) is 8.23. The molecular weight excluding hydrogens is 248 g/mol. The van der Waals surface area contributed by atoms with Crippen LogP contribution in [0.1, 0.15) is 26.5 Å². The third-order valence-electron chi connectivity index (χ3n) is 2.65. The van der Waals surface area contributed by atoms with Crippen LogP contribution < -0.4 is 5.32 Å². The van der Waals surface area contributed by atoms with Crippen LogP contribution in [0.15, 0.2) is 6.20 Å². The van der Waals surface area contributed by atoms with Crippen molar-refractivity contribution >= 4 is 18.2 Å². The molecule has 0 spiro atoms. The third kappa shape index (κ3) is 3.60. The Hall–Kier alpha value is -1.30. The molecule has 1 heterocycles. The van der Waals surface area contributed by atoms with Gasteiger partial charge >= 0.3 is 6.03 Å². The highest BCUT2D eigenvalue weighted by molar-refractivity contribution is 7.71. The first kappa shape index (κ1) is 14.8. The van der Waals surface area contributed by atoms with E-state index in [-0.39, 0.29) is 11.4 Å². The number of aromatic amines is 1. The van der Waals surface area contributed by atoms with Crippen LogP contribution in [0.3, 0.4) is 0 Å². The van der Waals surface area contributed by atoms with E-state index in [9.17, 15) is 4.79 Å². The van der Waals surface area contributed by atoms with Crippen LogP contribution >= 0.6 is 12.2 Å². The molecule has 0 aromatic carbocycles. The Kier molecular flexibility index (Phi) is 4.56. The van der Waals surface area contributed by atoms with Gasteiger partial charge in [0.05, 0.1) is 0 Å². The molecule has 2 N–H and O–H groups in total. The SMILES string of the molecule is CN(C)C(=O)NCCn1c(C(C)(C)C)c[nH]c1=S. The van der Waals surface area contributed by atoms with Crippen molar-refractivity contribution in [3.63, 3.8) is 0 Å². The molecule has 2 amide bonds. The van der Waals surface area contributed by atoms with Crippen LogP contribution in [0.5, 0.6) is 0 Å². The Morgan fingerprint density at radius 3 is 2.61 bits per heavy atom. The predicted molar refractivity (Wildman–Crippen MR) is 75.4 cm³/mol. The minimum Gasteiger partial charge on any atom is -0.337 e. The summed E-state index contributed by atoms with van der Waals surface area (Å²) in [6.45, 7) is 7.65. The summed E-state index contributed by atoms with van der Waals surface area (Å²) in [5, 5.41) is 2.83. The van der Waals surface area contributed by atoms with Gasteiger partial charge in [0.15, 0.2) is 4.77 Å². The number of urea groups is 1. The van der Waals surface area contributed by atoms with Crippen molar-refractivity contribution in [3.05, 3.63) is 16.7 Å². The number of aromatic nitrogens is 2. The summed E-state index contributed by atoms with van der Waals surface area (Å²) in [7, 11) is 3.44. The lowest BCUT2D eigenvalue weighted by Gasteiger charge is -2.21. The predicted octanol–water partition coefficient (Wildman–Crippen LogP) is 2.11. The molecule has 1 aromatic rings. The lowest BCUT2D eigenvalue weighted by molar-refractivity contribution is 0.217. The van der Waals surface area contributed by atoms with E-state index >= 15 is 0 Å². The summed E-state index contributed by atoms with van der Waals surface area (Å²) in [6.07, 6.45) is 1.94. The average molecular weight is 270 g/mol. The van der Waals surface area contributed by atoms with E-state index in [1.165, 1.54) is 4.90 Å². The van der Waals surface area contributed by atoms with Gasteiger partial charge in [-0.2, -0.15) is 0 Å². The van der Waals surface area contributed by atoms with Gasteiger partial charge in [0.1, 0.15) is 0 Å². The number of carbonyl (C=O) groups excluding carboxylic acids is 1. The Morgan fingerprint density at radius 1 is 1.50 bits per heavy atom. The van der Waals surface area contributed by atoms with Gasteiger partial charge in [-0.15, -0.1) is 0 Å². The van der Waals surface area contributed by atoms with Crippen molar-refractivity contribution in [2.24, 2.45) is 0 Å². The fourth-order valence-electron chi connectivity index (χ4n) is 1.67. The molecule has 1 rings (SSSR count).